The van der Waals surface area contributed by atoms with Gasteiger partial charge in [0.1, 0.15) is 18.6 Å². The van der Waals surface area contributed by atoms with Gasteiger partial charge in [-0.15, -0.1) is 0 Å². The minimum Gasteiger partial charge on any atom is -0.481 e. The van der Waals surface area contributed by atoms with Crippen molar-refractivity contribution in [3.05, 3.63) is 0 Å². The first-order chi connectivity index (χ1) is 18.8. The Balaban J connectivity index is 6.31. The molecule has 0 heterocycles. The standard InChI is InChI=1S/C28H50N4O10/c1-26(2,3)14(24(38)39)11-16(29)21(35)32-19(20(34)28(7,8)9)23(37)31-17(22(36)30-13-18(33)42-10)12-15(25(40)41)27(4,5)6/h14-17,19-20,34H,11-13,29H2,1-10H3,(H,30,36)(H,31,37)(H,32,35)(H,38,39)(H,40,41)/t14?,15?,16-,17-,19-,20?/m0/s1. The summed E-state index contributed by atoms with van der Waals surface area (Å²) in [4.78, 5) is 75.0. The van der Waals surface area contributed by atoms with Gasteiger partial charge >= 0.3 is 17.9 Å². The molecule has 0 aliphatic heterocycles. The molecule has 0 aliphatic rings. The number of nitrogens with one attached hydrogen (secondary N) is 3. The second kappa shape index (κ2) is 15.3. The van der Waals surface area contributed by atoms with E-state index >= 15 is 0 Å². The van der Waals surface area contributed by atoms with Crippen LogP contribution in [0.1, 0.15) is 75.2 Å². The maximum absolute atomic E-state index is 13.5. The van der Waals surface area contributed by atoms with E-state index in [1.54, 1.807) is 62.3 Å². The normalized spacial score (nSPS) is 16.6. The van der Waals surface area contributed by atoms with Gasteiger partial charge in [-0.3, -0.25) is 28.8 Å². The maximum Gasteiger partial charge on any atom is 0.325 e. The summed E-state index contributed by atoms with van der Waals surface area (Å²) in [6, 6.07) is -4.50. The molecule has 3 amide bonds. The number of aliphatic hydroxyl groups excluding tert-OH is 1. The van der Waals surface area contributed by atoms with Crippen molar-refractivity contribution in [1.82, 2.24) is 16.0 Å². The first kappa shape index (κ1) is 38.7. The van der Waals surface area contributed by atoms with Gasteiger partial charge in [-0.05, 0) is 29.1 Å². The summed E-state index contributed by atoms with van der Waals surface area (Å²) < 4.78 is 4.51. The fourth-order valence-corrected chi connectivity index (χ4v) is 4.14. The van der Waals surface area contributed by atoms with E-state index in [4.69, 9.17) is 5.73 Å². The van der Waals surface area contributed by atoms with E-state index in [1.807, 2.05) is 0 Å². The van der Waals surface area contributed by atoms with Gasteiger partial charge in [0.25, 0.3) is 0 Å². The molecule has 3 unspecified atom stereocenters. The van der Waals surface area contributed by atoms with Crippen LogP contribution in [0, 0.1) is 28.1 Å². The first-order valence-corrected chi connectivity index (χ1v) is 13.7. The fraction of sp³-hybridized carbons (Fsp3) is 0.786. The molecule has 0 aromatic carbocycles. The van der Waals surface area contributed by atoms with Crippen LogP contribution in [-0.4, -0.2) is 88.8 Å². The van der Waals surface area contributed by atoms with Crippen LogP contribution < -0.4 is 21.7 Å². The zero-order valence-corrected chi connectivity index (χ0v) is 26.4. The molecule has 0 fully saturated rings. The number of hydrogen-bond acceptors (Lipinski definition) is 9. The molecular formula is C28H50N4O10. The van der Waals surface area contributed by atoms with E-state index in [2.05, 4.69) is 20.7 Å². The molecule has 0 saturated carbocycles. The van der Waals surface area contributed by atoms with Crippen molar-refractivity contribution in [3.63, 3.8) is 0 Å². The average Bonchev–Trinajstić information content (AvgIpc) is 2.82. The molecule has 0 aromatic rings. The predicted octanol–water partition coefficient (Wildman–Crippen LogP) is 0.254. The zero-order chi connectivity index (χ0) is 33.4. The second-order valence-electron chi connectivity index (χ2n) is 13.7. The summed E-state index contributed by atoms with van der Waals surface area (Å²) in [7, 11) is 1.11. The second-order valence-corrected chi connectivity index (χ2v) is 13.7. The Labute approximate surface area is 247 Å². The molecule has 14 nitrogen and oxygen atoms in total. The van der Waals surface area contributed by atoms with Crippen LogP contribution in [0.5, 0.6) is 0 Å². The number of methoxy groups -OCH3 is 1. The first-order valence-electron chi connectivity index (χ1n) is 13.7. The number of carbonyl (C=O) groups excluding carboxylic acids is 4. The number of aliphatic carboxylic acids is 2. The van der Waals surface area contributed by atoms with Crippen molar-refractivity contribution in [2.24, 2.45) is 33.8 Å². The van der Waals surface area contributed by atoms with Crippen molar-refractivity contribution < 1.29 is 48.8 Å². The van der Waals surface area contributed by atoms with E-state index in [9.17, 15) is 44.1 Å². The molecule has 0 saturated heterocycles. The zero-order valence-electron chi connectivity index (χ0n) is 26.4. The van der Waals surface area contributed by atoms with E-state index in [0.717, 1.165) is 7.11 Å². The van der Waals surface area contributed by atoms with Crippen molar-refractivity contribution in [3.8, 4) is 0 Å². The molecule has 0 rings (SSSR count). The number of carboxylic acid groups (broad SMARTS) is 2. The maximum atomic E-state index is 13.5. The number of esters is 1. The van der Waals surface area contributed by atoms with Crippen LogP contribution in [0.2, 0.25) is 0 Å². The van der Waals surface area contributed by atoms with Gasteiger partial charge in [-0.1, -0.05) is 62.3 Å². The minimum atomic E-state index is -1.66. The smallest absolute Gasteiger partial charge is 0.325 e. The Morgan fingerprint density at radius 3 is 1.55 bits per heavy atom. The topological polar surface area (TPSA) is 234 Å². The van der Waals surface area contributed by atoms with Crippen LogP contribution in [0.15, 0.2) is 0 Å². The summed E-state index contributed by atoms with van der Waals surface area (Å²) in [5, 5.41) is 37.6. The van der Waals surface area contributed by atoms with Crippen LogP contribution in [0.25, 0.3) is 0 Å². The molecular weight excluding hydrogens is 552 g/mol. The van der Waals surface area contributed by atoms with Crippen molar-refractivity contribution in [2.75, 3.05) is 13.7 Å². The molecule has 14 heteroatoms. The highest BCUT2D eigenvalue weighted by Gasteiger charge is 2.42. The molecule has 0 radical (unpaired) electrons. The molecule has 242 valence electrons. The number of hydrogen-bond donors (Lipinski definition) is 7. The van der Waals surface area contributed by atoms with Crippen LogP contribution in [-0.2, 0) is 33.5 Å². The average molecular weight is 603 g/mol. The van der Waals surface area contributed by atoms with Crippen molar-refractivity contribution in [1.29, 1.82) is 0 Å². The highest BCUT2D eigenvalue weighted by molar-refractivity contribution is 5.94. The summed E-state index contributed by atoms with van der Waals surface area (Å²) >= 11 is 0. The Bertz CT molecular complexity index is 994. The molecule has 0 aliphatic carbocycles. The fourth-order valence-electron chi connectivity index (χ4n) is 4.14. The highest BCUT2D eigenvalue weighted by atomic mass is 16.5. The van der Waals surface area contributed by atoms with Crippen LogP contribution in [0.4, 0.5) is 0 Å². The molecule has 6 atom stereocenters. The molecule has 0 spiro atoms. The largest absolute Gasteiger partial charge is 0.481 e. The van der Waals surface area contributed by atoms with E-state index in [1.165, 1.54) is 0 Å². The third-order valence-electron chi connectivity index (χ3n) is 7.04. The van der Waals surface area contributed by atoms with E-state index in [-0.39, 0.29) is 12.8 Å². The van der Waals surface area contributed by atoms with Gasteiger partial charge in [0.2, 0.25) is 17.7 Å². The van der Waals surface area contributed by atoms with Gasteiger partial charge in [0, 0.05) is 0 Å². The quantitative estimate of drug-likeness (QED) is 0.133. The summed E-state index contributed by atoms with van der Waals surface area (Å²) in [6.45, 7) is 14.2. The number of aliphatic hydroxyl groups is 1. The Morgan fingerprint density at radius 1 is 0.714 bits per heavy atom. The Hall–Kier alpha value is -3.26. The summed E-state index contributed by atoms with van der Waals surface area (Å²) in [5.74, 6) is -8.07. The number of carboxylic acids is 2. The lowest BCUT2D eigenvalue weighted by atomic mass is 9.77. The number of nitrogens with two attached hydrogens (primary N) is 1. The van der Waals surface area contributed by atoms with Gasteiger partial charge in [-0.2, -0.15) is 0 Å². The van der Waals surface area contributed by atoms with Crippen LogP contribution >= 0.6 is 0 Å². The Kier molecular flexibility index (Phi) is 14.1. The lowest BCUT2D eigenvalue weighted by Crippen LogP contribution is -2.62. The van der Waals surface area contributed by atoms with E-state index in [0.29, 0.717) is 0 Å². The predicted molar refractivity (Wildman–Crippen MR) is 153 cm³/mol. The summed E-state index contributed by atoms with van der Waals surface area (Å²) in [6.07, 6.45) is -2.15. The molecule has 0 bridgehead atoms. The van der Waals surface area contributed by atoms with Gasteiger partial charge in [-0.25, -0.2) is 0 Å². The van der Waals surface area contributed by atoms with Crippen LogP contribution in [0.3, 0.4) is 0 Å². The van der Waals surface area contributed by atoms with Crippen molar-refractivity contribution >= 4 is 35.6 Å². The Morgan fingerprint density at radius 2 is 1.17 bits per heavy atom. The lowest BCUT2D eigenvalue weighted by Gasteiger charge is -2.35. The van der Waals surface area contributed by atoms with Gasteiger partial charge < -0.3 is 41.7 Å². The van der Waals surface area contributed by atoms with Gasteiger partial charge in [0.15, 0.2) is 0 Å². The monoisotopic (exact) mass is 602 g/mol. The van der Waals surface area contributed by atoms with Crippen molar-refractivity contribution in [2.45, 2.75) is 99.4 Å². The number of carbonyl (C=O) groups is 6. The molecule has 0 aromatic heterocycles. The third kappa shape index (κ3) is 12.3. The molecule has 42 heavy (non-hydrogen) atoms. The lowest BCUT2D eigenvalue weighted by molar-refractivity contribution is -0.148. The van der Waals surface area contributed by atoms with Gasteiger partial charge in [0.05, 0.1) is 31.1 Å². The number of ether oxygens (including phenoxy) is 1. The molecule has 8 N–H and O–H groups in total. The minimum absolute atomic E-state index is 0.255. The SMILES string of the molecule is COC(=O)CNC(=O)[C@H](CC(C(=O)O)C(C)(C)C)NC(=O)[C@@H](NC(=O)[C@@H](N)CC(C(=O)O)C(C)(C)C)C(O)C(C)(C)C. The highest BCUT2D eigenvalue weighted by Crippen LogP contribution is 2.31. The third-order valence-corrected chi connectivity index (χ3v) is 7.04. The van der Waals surface area contributed by atoms with E-state index < -0.39 is 94.5 Å². The summed E-state index contributed by atoms with van der Waals surface area (Å²) in [5.41, 5.74) is 3.49. The number of amides is 3. The number of rotatable bonds is 14.